The Kier molecular flexibility index (Phi) is 6.18. The Balaban J connectivity index is 1.46. The Labute approximate surface area is 162 Å². The summed E-state index contributed by atoms with van der Waals surface area (Å²) < 4.78 is 37.9. The average molecular weight is 392 g/mol. The Morgan fingerprint density at radius 1 is 1.14 bits per heavy atom. The van der Waals surface area contributed by atoms with Gasteiger partial charge in [-0.05, 0) is 42.7 Å². The SMILES string of the molecule is CC(=O)Nc1ccc(CNC2CCN(c3ccc(C(F)(F)F)cn3)CC2)cc1. The van der Waals surface area contributed by atoms with Crippen molar-refractivity contribution in [3.63, 3.8) is 0 Å². The zero-order valence-electron chi connectivity index (χ0n) is 15.6. The highest BCUT2D eigenvalue weighted by Crippen LogP contribution is 2.29. The molecule has 0 spiro atoms. The third kappa shape index (κ3) is 5.45. The summed E-state index contributed by atoms with van der Waals surface area (Å²) in [5.41, 5.74) is 1.17. The largest absolute Gasteiger partial charge is 0.417 e. The van der Waals surface area contributed by atoms with Crippen molar-refractivity contribution < 1.29 is 18.0 Å². The van der Waals surface area contributed by atoms with Crippen molar-refractivity contribution in [2.75, 3.05) is 23.3 Å². The lowest BCUT2D eigenvalue weighted by Crippen LogP contribution is -2.42. The number of nitrogens with zero attached hydrogens (tertiary/aromatic N) is 2. The Morgan fingerprint density at radius 2 is 1.82 bits per heavy atom. The van der Waals surface area contributed by atoms with E-state index < -0.39 is 11.7 Å². The summed E-state index contributed by atoms with van der Waals surface area (Å²) in [6, 6.07) is 10.6. The summed E-state index contributed by atoms with van der Waals surface area (Å²) in [5, 5.41) is 6.25. The van der Waals surface area contributed by atoms with E-state index >= 15 is 0 Å². The van der Waals surface area contributed by atoms with Gasteiger partial charge in [-0.2, -0.15) is 13.2 Å². The van der Waals surface area contributed by atoms with Crippen LogP contribution in [0.1, 0.15) is 30.9 Å². The lowest BCUT2D eigenvalue weighted by molar-refractivity contribution is -0.137. The van der Waals surface area contributed by atoms with E-state index in [1.165, 1.54) is 13.0 Å². The quantitative estimate of drug-likeness (QED) is 0.812. The standard InChI is InChI=1S/C20H23F3N4O/c1-14(28)26-18-5-2-15(3-6-18)12-24-17-8-10-27(11-9-17)19-7-4-16(13-25-19)20(21,22)23/h2-7,13,17,24H,8-12H2,1H3,(H,26,28). The predicted octanol–water partition coefficient (Wildman–Crippen LogP) is 3.82. The molecule has 1 aliphatic heterocycles. The van der Waals surface area contributed by atoms with Gasteiger partial charge in [0.15, 0.2) is 0 Å². The number of alkyl halides is 3. The molecule has 1 aromatic carbocycles. The fourth-order valence-corrected chi connectivity index (χ4v) is 3.22. The van der Waals surface area contributed by atoms with Gasteiger partial charge in [0.05, 0.1) is 5.56 Å². The minimum absolute atomic E-state index is 0.0971. The summed E-state index contributed by atoms with van der Waals surface area (Å²) in [6.45, 7) is 3.70. The maximum absolute atomic E-state index is 12.6. The van der Waals surface area contributed by atoms with Gasteiger partial charge >= 0.3 is 6.18 Å². The summed E-state index contributed by atoms with van der Waals surface area (Å²) >= 11 is 0. The van der Waals surface area contributed by atoms with Gasteiger partial charge in [-0.15, -0.1) is 0 Å². The normalized spacial score (nSPS) is 15.5. The number of hydrogen-bond donors (Lipinski definition) is 2. The number of carbonyl (C=O) groups is 1. The van der Waals surface area contributed by atoms with Gasteiger partial charge < -0.3 is 15.5 Å². The van der Waals surface area contributed by atoms with Gasteiger partial charge in [-0.3, -0.25) is 4.79 Å². The molecule has 1 saturated heterocycles. The lowest BCUT2D eigenvalue weighted by Gasteiger charge is -2.33. The van der Waals surface area contributed by atoms with E-state index in [9.17, 15) is 18.0 Å². The molecule has 0 aliphatic carbocycles. The molecule has 0 bridgehead atoms. The van der Waals surface area contributed by atoms with E-state index in [4.69, 9.17) is 0 Å². The summed E-state index contributed by atoms with van der Waals surface area (Å²) in [4.78, 5) is 17.0. The number of aromatic nitrogens is 1. The van der Waals surface area contributed by atoms with E-state index in [-0.39, 0.29) is 5.91 Å². The van der Waals surface area contributed by atoms with Crippen LogP contribution in [0.3, 0.4) is 0 Å². The van der Waals surface area contributed by atoms with Crippen molar-refractivity contribution in [1.82, 2.24) is 10.3 Å². The van der Waals surface area contributed by atoms with Gasteiger partial charge in [0.25, 0.3) is 0 Å². The number of amides is 1. The molecule has 2 heterocycles. The maximum atomic E-state index is 12.6. The molecule has 3 rings (SSSR count). The first-order valence-electron chi connectivity index (χ1n) is 9.19. The third-order valence-electron chi connectivity index (χ3n) is 4.76. The Bertz CT molecular complexity index is 783. The molecule has 0 unspecified atom stereocenters. The smallest absolute Gasteiger partial charge is 0.357 e. The van der Waals surface area contributed by atoms with Gasteiger partial charge in [-0.1, -0.05) is 12.1 Å². The number of benzene rings is 1. The monoisotopic (exact) mass is 392 g/mol. The van der Waals surface area contributed by atoms with Crippen molar-refractivity contribution in [3.05, 3.63) is 53.7 Å². The zero-order valence-corrected chi connectivity index (χ0v) is 15.6. The van der Waals surface area contributed by atoms with Crippen LogP contribution in [-0.2, 0) is 17.5 Å². The van der Waals surface area contributed by atoms with Gasteiger partial charge in [0.2, 0.25) is 5.91 Å². The second-order valence-electron chi connectivity index (χ2n) is 6.92. The number of rotatable bonds is 5. The molecule has 0 saturated carbocycles. The molecule has 8 heteroatoms. The highest BCUT2D eigenvalue weighted by Gasteiger charge is 2.31. The van der Waals surface area contributed by atoms with Gasteiger partial charge in [-0.25, -0.2) is 4.98 Å². The topological polar surface area (TPSA) is 57.3 Å². The molecule has 0 radical (unpaired) electrons. The van der Waals surface area contributed by atoms with E-state index in [0.717, 1.165) is 56.0 Å². The summed E-state index contributed by atoms with van der Waals surface area (Å²) in [5.74, 6) is 0.486. The van der Waals surface area contributed by atoms with Crippen LogP contribution in [0.4, 0.5) is 24.7 Å². The Morgan fingerprint density at radius 3 is 2.36 bits per heavy atom. The van der Waals surface area contributed by atoms with Crippen LogP contribution in [0, 0.1) is 0 Å². The van der Waals surface area contributed by atoms with Crippen LogP contribution in [0.5, 0.6) is 0 Å². The maximum Gasteiger partial charge on any atom is 0.417 e. The molecule has 1 fully saturated rings. The minimum Gasteiger partial charge on any atom is -0.357 e. The van der Waals surface area contributed by atoms with E-state index in [1.54, 1.807) is 0 Å². The lowest BCUT2D eigenvalue weighted by atomic mass is 10.0. The van der Waals surface area contributed by atoms with Crippen molar-refractivity contribution in [2.24, 2.45) is 0 Å². The van der Waals surface area contributed by atoms with Gasteiger partial charge in [0, 0.05) is 44.5 Å². The fourth-order valence-electron chi connectivity index (χ4n) is 3.22. The predicted molar refractivity (Wildman–Crippen MR) is 102 cm³/mol. The van der Waals surface area contributed by atoms with Crippen LogP contribution in [0.2, 0.25) is 0 Å². The van der Waals surface area contributed by atoms with Crippen LogP contribution in [0.15, 0.2) is 42.6 Å². The van der Waals surface area contributed by atoms with Crippen molar-refractivity contribution in [1.29, 1.82) is 0 Å². The van der Waals surface area contributed by atoms with Crippen molar-refractivity contribution >= 4 is 17.4 Å². The molecular formula is C20H23F3N4O. The van der Waals surface area contributed by atoms with Crippen molar-refractivity contribution in [2.45, 2.75) is 38.5 Å². The van der Waals surface area contributed by atoms with E-state index in [0.29, 0.717) is 11.9 Å². The highest BCUT2D eigenvalue weighted by atomic mass is 19.4. The first-order valence-corrected chi connectivity index (χ1v) is 9.19. The first kappa shape index (κ1) is 20.1. The number of pyridine rings is 1. The number of nitrogens with one attached hydrogen (secondary N) is 2. The third-order valence-corrected chi connectivity index (χ3v) is 4.76. The molecule has 1 amide bonds. The number of halogens is 3. The fraction of sp³-hybridized carbons (Fsp3) is 0.400. The Hall–Kier alpha value is -2.61. The molecule has 1 aliphatic rings. The van der Waals surface area contributed by atoms with E-state index in [1.807, 2.05) is 29.2 Å². The van der Waals surface area contributed by atoms with Crippen LogP contribution < -0.4 is 15.5 Å². The molecule has 150 valence electrons. The second-order valence-corrected chi connectivity index (χ2v) is 6.92. The molecule has 5 nitrogen and oxygen atoms in total. The van der Waals surface area contributed by atoms with Crippen molar-refractivity contribution in [3.8, 4) is 0 Å². The number of carbonyl (C=O) groups excluding carboxylic acids is 1. The molecule has 2 aromatic rings. The first-order chi connectivity index (χ1) is 13.3. The molecule has 1 aromatic heterocycles. The van der Waals surface area contributed by atoms with E-state index in [2.05, 4.69) is 15.6 Å². The average Bonchev–Trinajstić information content (AvgIpc) is 2.67. The number of piperidine rings is 1. The van der Waals surface area contributed by atoms with Crippen LogP contribution >= 0.6 is 0 Å². The highest BCUT2D eigenvalue weighted by molar-refractivity contribution is 5.88. The zero-order chi connectivity index (χ0) is 20.1. The molecular weight excluding hydrogens is 369 g/mol. The summed E-state index contributed by atoms with van der Waals surface area (Å²) in [6.07, 6.45) is -1.67. The number of hydrogen-bond acceptors (Lipinski definition) is 4. The minimum atomic E-state index is -4.36. The second kappa shape index (κ2) is 8.60. The van der Waals surface area contributed by atoms with Crippen LogP contribution in [0.25, 0.3) is 0 Å². The molecule has 28 heavy (non-hydrogen) atoms. The summed E-state index contributed by atoms with van der Waals surface area (Å²) in [7, 11) is 0. The number of anilines is 2. The molecule has 2 N–H and O–H groups in total. The van der Waals surface area contributed by atoms with Crippen LogP contribution in [-0.4, -0.2) is 30.0 Å². The molecule has 0 atom stereocenters. The van der Waals surface area contributed by atoms with Gasteiger partial charge in [0.1, 0.15) is 5.82 Å².